The lowest BCUT2D eigenvalue weighted by molar-refractivity contribution is -0.116. The minimum Gasteiger partial charge on any atom is -0.352 e. The zero-order chi connectivity index (χ0) is 18.4. The second kappa shape index (κ2) is 8.89. The van der Waals surface area contributed by atoms with Crippen LogP contribution in [0.25, 0.3) is 0 Å². The van der Waals surface area contributed by atoms with Crippen LogP contribution < -0.4 is 10.6 Å². The summed E-state index contributed by atoms with van der Waals surface area (Å²) in [5.41, 5.74) is 1.63. The lowest BCUT2D eigenvalue weighted by atomic mass is 9.90. The molecule has 0 saturated heterocycles. The van der Waals surface area contributed by atoms with E-state index in [9.17, 15) is 9.59 Å². The maximum Gasteiger partial charge on any atom is 0.251 e. The number of nitrogens with zero attached hydrogens (tertiary/aromatic N) is 2. The summed E-state index contributed by atoms with van der Waals surface area (Å²) in [6, 6.07) is 7.37. The van der Waals surface area contributed by atoms with Crippen LogP contribution in [-0.4, -0.2) is 28.6 Å². The van der Waals surface area contributed by atoms with Crippen molar-refractivity contribution in [3.8, 4) is 0 Å². The van der Waals surface area contributed by atoms with Gasteiger partial charge in [0.05, 0.1) is 0 Å². The first-order valence-electron chi connectivity index (χ1n) is 9.10. The van der Waals surface area contributed by atoms with Gasteiger partial charge >= 0.3 is 0 Å². The zero-order valence-electron chi connectivity index (χ0n) is 15.0. The SMILES string of the molecule is Cc1cccc(C(=O)NCCC(=O)Nc2nnc(C3CCCCC3)s2)c1. The molecule has 1 aliphatic carbocycles. The summed E-state index contributed by atoms with van der Waals surface area (Å²) >= 11 is 1.46. The Labute approximate surface area is 157 Å². The largest absolute Gasteiger partial charge is 0.352 e. The van der Waals surface area contributed by atoms with Gasteiger partial charge in [0.15, 0.2) is 0 Å². The second-order valence-corrected chi connectivity index (χ2v) is 7.71. The molecule has 0 spiro atoms. The van der Waals surface area contributed by atoms with Crippen LogP contribution in [0.1, 0.15) is 65.4 Å². The molecule has 0 radical (unpaired) electrons. The standard InChI is InChI=1S/C19H24N4O2S/c1-13-6-5-9-15(12-13)17(25)20-11-10-16(24)21-19-23-22-18(26-19)14-7-3-2-4-8-14/h5-6,9,12,14H,2-4,7-8,10-11H2,1H3,(H,20,25)(H,21,23,24). The first-order valence-corrected chi connectivity index (χ1v) is 9.91. The fourth-order valence-corrected chi connectivity index (χ4v) is 4.09. The Kier molecular flexibility index (Phi) is 6.33. The quantitative estimate of drug-likeness (QED) is 0.811. The first kappa shape index (κ1) is 18.5. The summed E-state index contributed by atoms with van der Waals surface area (Å²) in [5.74, 6) is 0.151. The van der Waals surface area contributed by atoms with Gasteiger partial charge in [0.2, 0.25) is 11.0 Å². The number of benzene rings is 1. The van der Waals surface area contributed by atoms with Crippen molar-refractivity contribution >= 4 is 28.3 Å². The highest BCUT2D eigenvalue weighted by Gasteiger charge is 2.20. The van der Waals surface area contributed by atoms with Crippen molar-refractivity contribution in [2.45, 2.75) is 51.4 Å². The topological polar surface area (TPSA) is 84.0 Å². The van der Waals surface area contributed by atoms with Gasteiger partial charge in [0.1, 0.15) is 5.01 Å². The van der Waals surface area contributed by atoms with Crippen molar-refractivity contribution in [2.24, 2.45) is 0 Å². The van der Waals surface area contributed by atoms with E-state index in [1.807, 2.05) is 25.1 Å². The van der Waals surface area contributed by atoms with Gasteiger partial charge in [-0.1, -0.05) is 48.3 Å². The van der Waals surface area contributed by atoms with Crippen LogP contribution in [0.15, 0.2) is 24.3 Å². The number of nitrogens with one attached hydrogen (secondary N) is 2. The van der Waals surface area contributed by atoms with Gasteiger partial charge in [-0.3, -0.25) is 9.59 Å². The van der Waals surface area contributed by atoms with Crippen molar-refractivity contribution in [1.29, 1.82) is 0 Å². The Balaban J connectivity index is 1.43. The number of aryl methyl sites for hydroxylation is 1. The van der Waals surface area contributed by atoms with Gasteiger partial charge in [-0.25, -0.2) is 0 Å². The van der Waals surface area contributed by atoms with E-state index in [1.54, 1.807) is 6.07 Å². The highest BCUT2D eigenvalue weighted by molar-refractivity contribution is 7.15. The van der Waals surface area contributed by atoms with E-state index in [0.29, 0.717) is 16.6 Å². The van der Waals surface area contributed by atoms with Crippen LogP contribution in [0.2, 0.25) is 0 Å². The zero-order valence-corrected chi connectivity index (χ0v) is 15.8. The number of carbonyl (C=O) groups excluding carboxylic acids is 2. The van der Waals surface area contributed by atoms with Gasteiger partial charge in [0, 0.05) is 24.4 Å². The lowest BCUT2D eigenvalue weighted by Crippen LogP contribution is -2.27. The van der Waals surface area contributed by atoms with Gasteiger partial charge < -0.3 is 10.6 Å². The number of anilines is 1. The average molecular weight is 372 g/mol. The Morgan fingerprint density at radius 3 is 2.77 bits per heavy atom. The van der Waals surface area contributed by atoms with E-state index in [4.69, 9.17) is 0 Å². The number of amides is 2. The molecule has 6 nitrogen and oxygen atoms in total. The summed E-state index contributed by atoms with van der Waals surface area (Å²) in [6.07, 6.45) is 6.31. The van der Waals surface area contributed by atoms with E-state index in [0.717, 1.165) is 23.4 Å². The van der Waals surface area contributed by atoms with Crippen LogP contribution in [0.4, 0.5) is 5.13 Å². The molecule has 2 amide bonds. The molecule has 0 bridgehead atoms. The normalized spacial score (nSPS) is 14.8. The molecule has 2 N–H and O–H groups in total. The van der Waals surface area contributed by atoms with Gasteiger partial charge in [-0.15, -0.1) is 10.2 Å². The Morgan fingerprint density at radius 2 is 2.00 bits per heavy atom. The van der Waals surface area contributed by atoms with E-state index in [2.05, 4.69) is 20.8 Å². The first-order chi connectivity index (χ1) is 12.6. The van der Waals surface area contributed by atoms with Crippen LogP contribution in [0.5, 0.6) is 0 Å². The van der Waals surface area contributed by atoms with E-state index < -0.39 is 0 Å². The fourth-order valence-electron chi connectivity index (χ4n) is 3.16. The molecule has 1 fully saturated rings. The maximum atomic E-state index is 12.1. The minimum atomic E-state index is -0.169. The lowest BCUT2D eigenvalue weighted by Gasteiger charge is -2.18. The number of aromatic nitrogens is 2. The molecule has 0 aliphatic heterocycles. The minimum absolute atomic E-state index is 0.166. The van der Waals surface area contributed by atoms with Crippen LogP contribution >= 0.6 is 11.3 Å². The molecule has 3 rings (SSSR count). The third kappa shape index (κ3) is 5.11. The van der Waals surface area contributed by atoms with E-state index in [-0.39, 0.29) is 24.8 Å². The second-order valence-electron chi connectivity index (χ2n) is 6.70. The smallest absolute Gasteiger partial charge is 0.251 e. The molecule has 2 aromatic rings. The van der Waals surface area contributed by atoms with Crippen molar-refractivity contribution in [2.75, 3.05) is 11.9 Å². The number of hydrogen-bond acceptors (Lipinski definition) is 5. The summed E-state index contributed by atoms with van der Waals surface area (Å²) in [4.78, 5) is 24.1. The van der Waals surface area contributed by atoms with Gasteiger partial charge in [0.25, 0.3) is 5.91 Å². The molecular weight excluding hydrogens is 348 g/mol. The molecule has 0 unspecified atom stereocenters. The number of hydrogen-bond donors (Lipinski definition) is 2. The number of carbonyl (C=O) groups is 2. The Morgan fingerprint density at radius 1 is 1.19 bits per heavy atom. The van der Waals surface area contributed by atoms with Gasteiger partial charge in [-0.2, -0.15) is 0 Å². The predicted octanol–water partition coefficient (Wildman–Crippen LogP) is 3.65. The Hall–Kier alpha value is -2.28. The fraction of sp³-hybridized carbons (Fsp3) is 0.474. The third-order valence-electron chi connectivity index (χ3n) is 4.56. The highest BCUT2D eigenvalue weighted by Crippen LogP contribution is 2.35. The summed E-state index contributed by atoms with van der Waals surface area (Å²) in [7, 11) is 0. The van der Waals surface area contributed by atoms with Crippen molar-refractivity contribution < 1.29 is 9.59 Å². The third-order valence-corrected chi connectivity index (χ3v) is 5.56. The van der Waals surface area contributed by atoms with Crippen LogP contribution in [0, 0.1) is 6.92 Å². The average Bonchev–Trinajstić information content (AvgIpc) is 3.11. The highest BCUT2D eigenvalue weighted by atomic mass is 32.1. The molecule has 0 atom stereocenters. The molecule has 1 saturated carbocycles. The van der Waals surface area contributed by atoms with Crippen molar-refractivity contribution in [1.82, 2.24) is 15.5 Å². The predicted molar refractivity (Wildman–Crippen MR) is 102 cm³/mol. The monoisotopic (exact) mass is 372 g/mol. The molecular formula is C19H24N4O2S. The maximum absolute atomic E-state index is 12.1. The van der Waals surface area contributed by atoms with Crippen LogP contribution in [0.3, 0.4) is 0 Å². The summed E-state index contributed by atoms with van der Waals surface area (Å²) < 4.78 is 0. The van der Waals surface area contributed by atoms with Crippen molar-refractivity contribution in [3.05, 3.63) is 40.4 Å². The summed E-state index contributed by atoms with van der Waals surface area (Å²) in [5, 5.41) is 15.4. The number of rotatable bonds is 6. The molecule has 1 heterocycles. The Bertz CT molecular complexity index is 768. The van der Waals surface area contributed by atoms with E-state index in [1.165, 1.54) is 30.6 Å². The summed E-state index contributed by atoms with van der Waals surface area (Å²) in [6.45, 7) is 2.22. The molecule has 26 heavy (non-hydrogen) atoms. The molecule has 138 valence electrons. The molecule has 1 aromatic carbocycles. The van der Waals surface area contributed by atoms with Crippen molar-refractivity contribution in [3.63, 3.8) is 0 Å². The van der Waals surface area contributed by atoms with Gasteiger partial charge in [-0.05, 0) is 31.9 Å². The molecule has 1 aromatic heterocycles. The molecule has 7 heteroatoms. The molecule has 1 aliphatic rings. The van der Waals surface area contributed by atoms with E-state index >= 15 is 0 Å². The van der Waals surface area contributed by atoms with Crippen LogP contribution in [-0.2, 0) is 4.79 Å².